The number of hydrogen-bond donors (Lipinski definition) is 1. The Labute approximate surface area is 78.7 Å². The average molecular weight is 208 g/mol. The Bertz CT molecular complexity index is 251. The standard InChI is InChI=1S/C8H10F2O2S/c9-8(10)4-7(8,6(11)12)5-2-1-3-13-5/h5H,1-4H2,(H,11,12). The molecule has 5 heteroatoms. The maximum Gasteiger partial charge on any atom is 0.317 e. The van der Waals surface area contributed by atoms with Crippen molar-refractivity contribution in [2.75, 3.05) is 5.75 Å². The van der Waals surface area contributed by atoms with Gasteiger partial charge in [0.2, 0.25) is 0 Å². The van der Waals surface area contributed by atoms with Crippen LogP contribution < -0.4 is 0 Å². The summed E-state index contributed by atoms with van der Waals surface area (Å²) in [6, 6.07) is 0. The van der Waals surface area contributed by atoms with Gasteiger partial charge in [0, 0.05) is 11.7 Å². The van der Waals surface area contributed by atoms with Gasteiger partial charge in [0.25, 0.3) is 5.92 Å². The highest BCUT2D eigenvalue weighted by atomic mass is 32.2. The number of thioether (sulfide) groups is 1. The number of halogens is 2. The number of carboxylic acid groups (broad SMARTS) is 1. The predicted octanol–water partition coefficient (Wildman–Crippen LogP) is 1.99. The van der Waals surface area contributed by atoms with Crippen molar-refractivity contribution >= 4 is 17.7 Å². The summed E-state index contributed by atoms with van der Waals surface area (Å²) in [6.45, 7) is 0. The number of alkyl halides is 2. The molecule has 1 N–H and O–H groups in total. The van der Waals surface area contributed by atoms with Gasteiger partial charge < -0.3 is 5.11 Å². The fraction of sp³-hybridized carbons (Fsp3) is 0.875. The molecule has 1 aliphatic heterocycles. The number of hydrogen-bond acceptors (Lipinski definition) is 2. The van der Waals surface area contributed by atoms with Gasteiger partial charge in [-0.25, -0.2) is 8.78 Å². The lowest BCUT2D eigenvalue weighted by molar-refractivity contribution is -0.147. The van der Waals surface area contributed by atoms with Crippen LogP contribution in [0.2, 0.25) is 0 Å². The summed E-state index contributed by atoms with van der Waals surface area (Å²) in [6.07, 6.45) is 1.01. The van der Waals surface area contributed by atoms with E-state index in [1.54, 1.807) is 0 Å². The highest BCUT2D eigenvalue weighted by Gasteiger charge is 2.79. The van der Waals surface area contributed by atoms with Crippen LogP contribution in [0.1, 0.15) is 19.3 Å². The molecule has 2 rings (SSSR count). The Balaban J connectivity index is 2.21. The Morgan fingerprint density at radius 3 is 2.46 bits per heavy atom. The molecule has 0 spiro atoms. The summed E-state index contributed by atoms with van der Waals surface area (Å²) in [7, 11) is 0. The van der Waals surface area contributed by atoms with Crippen molar-refractivity contribution in [1.29, 1.82) is 0 Å². The summed E-state index contributed by atoms with van der Waals surface area (Å²) in [4.78, 5) is 10.8. The van der Waals surface area contributed by atoms with E-state index in [0.29, 0.717) is 6.42 Å². The third-order valence-corrected chi connectivity index (χ3v) is 4.45. The molecule has 2 fully saturated rings. The summed E-state index contributed by atoms with van der Waals surface area (Å²) in [5.74, 6) is -3.48. The highest BCUT2D eigenvalue weighted by Crippen LogP contribution is 2.67. The monoisotopic (exact) mass is 208 g/mol. The van der Waals surface area contributed by atoms with Crippen LogP contribution in [-0.2, 0) is 4.79 Å². The molecule has 0 radical (unpaired) electrons. The van der Waals surface area contributed by atoms with Crippen LogP contribution in [0.25, 0.3) is 0 Å². The molecule has 2 unspecified atom stereocenters. The van der Waals surface area contributed by atoms with Gasteiger partial charge in [-0.2, -0.15) is 11.8 Å². The van der Waals surface area contributed by atoms with Crippen molar-refractivity contribution in [2.24, 2.45) is 5.41 Å². The molecule has 2 aliphatic rings. The molecule has 74 valence electrons. The molecule has 2 nitrogen and oxygen atoms in total. The summed E-state index contributed by atoms with van der Waals surface area (Å²) < 4.78 is 25.9. The molecular formula is C8H10F2O2S. The highest BCUT2D eigenvalue weighted by molar-refractivity contribution is 8.00. The van der Waals surface area contributed by atoms with Gasteiger partial charge in [-0.3, -0.25) is 4.79 Å². The van der Waals surface area contributed by atoms with Crippen LogP contribution in [0.5, 0.6) is 0 Å². The second-order valence-corrected chi connectivity index (χ2v) is 4.97. The number of carboxylic acids is 1. The van der Waals surface area contributed by atoms with Gasteiger partial charge in [0.1, 0.15) is 5.41 Å². The SMILES string of the molecule is O=C(O)C1(C2CCCS2)CC1(F)F. The van der Waals surface area contributed by atoms with Crippen LogP contribution in [0.4, 0.5) is 8.78 Å². The molecule has 0 aromatic rings. The van der Waals surface area contributed by atoms with Crippen LogP contribution in [0, 0.1) is 5.41 Å². The molecule has 2 atom stereocenters. The van der Waals surface area contributed by atoms with E-state index in [0.717, 1.165) is 12.2 Å². The first-order valence-corrected chi connectivity index (χ1v) is 5.28. The van der Waals surface area contributed by atoms with Gasteiger partial charge in [0.05, 0.1) is 0 Å². The van der Waals surface area contributed by atoms with Gasteiger partial charge in [-0.1, -0.05) is 0 Å². The molecule has 0 amide bonds. The Morgan fingerprint density at radius 1 is 1.54 bits per heavy atom. The first-order chi connectivity index (χ1) is 6.01. The zero-order valence-electron chi connectivity index (χ0n) is 6.93. The lowest BCUT2D eigenvalue weighted by Crippen LogP contribution is -2.31. The van der Waals surface area contributed by atoms with E-state index in [1.165, 1.54) is 11.8 Å². The van der Waals surface area contributed by atoms with E-state index in [1.807, 2.05) is 0 Å². The Kier molecular flexibility index (Phi) is 1.84. The maximum absolute atomic E-state index is 13.0. The zero-order valence-corrected chi connectivity index (χ0v) is 7.74. The molecule has 0 aromatic carbocycles. The minimum Gasteiger partial charge on any atom is -0.481 e. The fourth-order valence-electron chi connectivity index (χ4n) is 1.99. The molecule has 1 heterocycles. The van der Waals surface area contributed by atoms with Crippen LogP contribution in [0.3, 0.4) is 0 Å². The third kappa shape index (κ3) is 1.09. The van der Waals surface area contributed by atoms with E-state index in [9.17, 15) is 13.6 Å². The third-order valence-electron chi connectivity index (χ3n) is 2.89. The van der Waals surface area contributed by atoms with Crippen molar-refractivity contribution < 1.29 is 18.7 Å². The maximum atomic E-state index is 13.0. The minimum atomic E-state index is -2.97. The molecule has 0 bridgehead atoms. The zero-order chi connectivity index (χ0) is 9.69. The number of rotatable bonds is 2. The average Bonchev–Trinajstić information content (AvgIpc) is 2.52. The molecule has 13 heavy (non-hydrogen) atoms. The normalized spacial score (nSPS) is 41.8. The molecule has 1 aliphatic carbocycles. The van der Waals surface area contributed by atoms with Crippen molar-refractivity contribution in [1.82, 2.24) is 0 Å². The van der Waals surface area contributed by atoms with Crippen molar-refractivity contribution in [2.45, 2.75) is 30.4 Å². The second-order valence-electron chi connectivity index (χ2n) is 3.66. The first-order valence-electron chi connectivity index (χ1n) is 4.23. The van der Waals surface area contributed by atoms with Crippen LogP contribution in [-0.4, -0.2) is 28.0 Å². The lowest BCUT2D eigenvalue weighted by Gasteiger charge is -2.17. The first kappa shape index (κ1) is 9.24. The predicted molar refractivity (Wildman–Crippen MR) is 45.1 cm³/mol. The van der Waals surface area contributed by atoms with E-state index >= 15 is 0 Å². The summed E-state index contributed by atoms with van der Waals surface area (Å²) in [5.41, 5.74) is -1.73. The van der Waals surface area contributed by atoms with Gasteiger partial charge in [-0.15, -0.1) is 0 Å². The molecule has 0 aromatic heterocycles. The van der Waals surface area contributed by atoms with Crippen LogP contribution in [0.15, 0.2) is 0 Å². The van der Waals surface area contributed by atoms with Crippen molar-refractivity contribution in [3.63, 3.8) is 0 Å². The van der Waals surface area contributed by atoms with Gasteiger partial charge >= 0.3 is 5.97 Å². The topological polar surface area (TPSA) is 37.3 Å². The largest absolute Gasteiger partial charge is 0.481 e. The molecular weight excluding hydrogens is 198 g/mol. The Morgan fingerprint density at radius 2 is 2.15 bits per heavy atom. The van der Waals surface area contributed by atoms with Gasteiger partial charge in [0.15, 0.2) is 0 Å². The molecule has 1 saturated carbocycles. The fourth-order valence-corrected chi connectivity index (χ4v) is 3.58. The second kappa shape index (κ2) is 2.59. The summed E-state index contributed by atoms with van der Waals surface area (Å²) >= 11 is 1.38. The van der Waals surface area contributed by atoms with Gasteiger partial charge in [-0.05, 0) is 18.6 Å². The number of carbonyl (C=O) groups is 1. The lowest BCUT2D eigenvalue weighted by atomic mass is 9.98. The van der Waals surface area contributed by atoms with Crippen LogP contribution >= 0.6 is 11.8 Å². The number of aliphatic carboxylic acids is 1. The van der Waals surface area contributed by atoms with E-state index in [2.05, 4.69) is 0 Å². The van der Waals surface area contributed by atoms with E-state index < -0.39 is 23.7 Å². The summed E-state index contributed by atoms with van der Waals surface area (Å²) in [5, 5.41) is 8.43. The quantitative estimate of drug-likeness (QED) is 0.754. The minimum absolute atomic E-state index is 0.375. The Hall–Kier alpha value is -0.320. The molecule has 1 saturated heterocycles. The smallest absolute Gasteiger partial charge is 0.317 e. The van der Waals surface area contributed by atoms with Crippen molar-refractivity contribution in [3.05, 3.63) is 0 Å². The van der Waals surface area contributed by atoms with E-state index in [-0.39, 0.29) is 5.25 Å². The van der Waals surface area contributed by atoms with Crippen molar-refractivity contribution in [3.8, 4) is 0 Å². The van der Waals surface area contributed by atoms with E-state index in [4.69, 9.17) is 5.11 Å².